The van der Waals surface area contributed by atoms with Gasteiger partial charge < -0.3 is 18.7 Å². The lowest BCUT2D eigenvalue weighted by Crippen LogP contribution is -2.44. The first kappa shape index (κ1) is 32.0. The number of hydrogen-bond donors (Lipinski definition) is 2. The first-order valence-electron chi connectivity index (χ1n) is 13.8. The van der Waals surface area contributed by atoms with Crippen LogP contribution in [0.2, 0.25) is 0 Å². The van der Waals surface area contributed by atoms with Crippen molar-refractivity contribution in [2.24, 2.45) is 0 Å². The third kappa shape index (κ3) is 6.51. The van der Waals surface area contributed by atoms with Gasteiger partial charge in [0.25, 0.3) is 5.56 Å². The normalized spacial score (nSPS) is 24.0. The summed E-state index contributed by atoms with van der Waals surface area (Å²) in [6.07, 6.45) is -3.28. The van der Waals surface area contributed by atoms with E-state index in [0.717, 1.165) is 37.0 Å². The molecule has 1 fully saturated rings. The van der Waals surface area contributed by atoms with Crippen LogP contribution in [0.4, 0.5) is 4.39 Å². The zero-order chi connectivity index (χ0) is 31.8. The molecule has 6 unspecified atom stereocenters. The van der Waals surface area contributed by atoms with Crippen LogP contribution in [0, 0.1) is 0 Å². The molecule has 5 rings (SSSR count). The van der Waals surface area contributed by atoms with Gasteiger partial charge in [0, 0.05) is 39.5 Å². The molecule has 12 nitrogen and oxygen atoms in total. The van der Waals surface area contributed by atoms with Gasteiger partial charge in [-0.05, 0) is 52.0 Å². The van der Waals surface area contributed by atoms with Crippen LogP contribution >= 0.6 is 19.1 Å². The van der Waals surface area contributed by atoms with Crippen molar-refractivity contribution in [3.05, 3.63) is 75.6 Å². The number of carbonyl (C=O) groups excluding carboxylic acids is 1. The average molecular weight is 650 g/mol. The van der Waals surface area contributed by atoms with Crippen LogP contribution in [0.1, 0.15) is 33.9 Å². The van der Waals surface area contributed by atoms with E-state index in [1.807, 2.05) is 30.3 Å². The van der Waals surface area contributed by atoms with E-state index in [2.05, 4.69) is 10.1 Å². The Bertz CT molecular complexity index is 1840. The lowest BCUT2D eigenvalue weighted by atomic mass is 9.98. The molecule has 0 spiro atoms. The molecule has 0 amide bonds. The molecule has 1 saturated heterocycles. The smallest absolute Gasteiger partial charge is 0.459 e. The Balaban J connectivity index is 1.43. The molecule has 0 aliphatic carbocycles. The summed E-state index contributed by atoms with van der Waals surface area (Å²) >= 11 is 1.60. The van der Waals surface area contributed by atoms with Crippen LogP contribution in [0.25, 0.3) is 20.2 Å². The van der Waals surface area contributed by atoms with Gasteiger partial charge in [-0.3, -0.25) is 23.7 Å². The second-order valence-corrected chi connectivity index (χ2v) is 13.6. The SMILES string of the molecule is COC1C(COP(=O)(NC(C)C(=O)OC(C)C)Oc2ccc3sc4ccccc4c3c2)OC(n2ccc(=O)[nH]c2=O)C1(C)F. The number of fused-ring (bicyclic) bond motifs is 3. The number of thiophene rings is 1. The molecule has 2 aromatic heterocycles. The minimum atomic E-state index is -4.37. The zero-order valence-corrected chi connectivity index (χ0v) is 26.4. The predicted molar refractivity (Wildman–Crippen MR) is 163 cm³/mol. The maximum atomic E-state index is 16.1. The van der Waals surface area contributed by atoms with Gasteiger partial charge in [-0.1, -0.05) is 18.2 Å². The number of alkyl halides is 1. The Kier molecular flexibility index (Phi) is 9.13. The molecular weight excluding hydrogens is 616 g/mol. The highest BCUT2D eigenvalue weighted by Gasteiger charge is 2.57. The molecule has 1 aliphatic heterocycles. The minimum Gasteiger partial charge on any atom is -0.462 e. The Hall–Kier alpha value is -3.39. The molecule has 2 aromatic carbocycles. The topological polar surface area (TPSA) is 147 Å². The quantitative estimate of drug-likeness (QED) is 0.173. The average Bonchev–Trinajstić information content (AvgIpc) is 3.44. The van der Waals surface area contributed by atoms with Crippen LogP contribution in [0.15, 0.2) is 64.3 Å². The van der Waals surface area contributed by atoms with E-state index in [1.54, 1.807) is 37.3 Å². The molecule has 1 aliphatic rings. The molecule has 236 valence electrons. The molecule has 4 aromatic rings. The maximum absolute atomic E-state index is 16.1. The minimum absolute atomic E-state index is 0.199. The summed E-state index contributed by atoms with van der Waals surface area (Å²) in [4.78, 5) is 38.6. The van der Waals surface area contributed by atoms with E-state index in [9.17, 15) is 18.9 Å². The summed E-state index contributed by atoms with van der Waals surface area (Å²) in [5.74, 6) is -0.489. The van der Waals surface area contributed by atoms with Gasteiger partial charge in [0.05, 0.1) is 12.7 Å². The molecule has 15 heteroatoms. The van der Waals surface area contributed by atoms with E-state index in [0.29, 0.717) is 0 Å². The van der Waals surface area contributed by atoms with E-state index >= 15 is 4.39 Å². The molecular formula is C29H33FN3O9PS. The largest absolute Gasteiger partial charge is 0.462 e. The number of benzene rings is 2. The van der Waals surface area contributed by atoms with Crippen molar-refractivity contribution in [3.63, 3.8) is 0 Å². The van der Waals surface area contributed by atoms with Gasteiger partial charge in [-0.25, -0.2) is 13.8 Å². The van der Waals surface area contributed by atoms with Gasteiger partial charge in [-0.2, -0.15) is 5.09 Å². The number of esters is 1. The third-order valence-corrected chi connectivity index (χ3v) is 9.87. The van der Waals surface area contributed by atoms with Crippen LogP contribution in [-0.4, -0.2) is 59.3 Å². The summed E-state index contributed by atoms with van der Waals surface area (Å²) in [6.45, 7) is 5.46. The van der Waals surface area contributed by atoms with Gasteiger partial charge in [-0.15, -0.1) is 11.3 Å². The standard InChI is InChI=1S/C29H33FN3O9PS/c1-16(2)40-26(35)17(3)32-43(37,42-18-10-11-23-20(14-18)19-8-6-7-9-22(19)44-23)39-15-21-25(38-5)29(4,30)27(41-21)33-13-12-24(34)31-28(33)36/h6-14,16-17,21,25,27H,15H2,1-5H3,(H,32,37)(H,31,34,36). The summed E-state index contributed by atoms with van der Waals surface area (Å²) in [6, 6.07) is 13.0. The Morgan fingerprint density at radius 1 is 1.16 bits per heavy atom. The highest BCUT2D eigenvalue weighted by molar-refractivity contribution is 7.52. The number of methoxy groups -OCH3 is 1. The highest BCUT2D eigenvalue weighted by Crippen LogP contribution is 2.49. The number of carbonyl (C=O) groups is 1. The van der Waals surface area contributed by atoms with Crippen molar-refractivity contribution >= 4 is 45.2 Å². The number of nitrogens with zero attached hydrogens (tertiary/aromatic N) is 1. The van der Waals surface area contributed by atoms with Gasteiger partial charge in [0.2, 0.25) is 0 Å². The fourth-order valence-corrected chi connectivity index (χ4v) is 7.70. The monoisotopic (exact) mass is 649 g/mol. The van der Waals surface area contributed by atoms with Gasteiger partial charge >= 0.3 is 19.4 Å². The summed E-state index contributed by atoms with van der Waals surface area (Å²) in [7, 11) is -3.12. The number of aromatic amines is 1. The molecule has 6 atom stereocenters. The van der Waals surface area contributed by atoms with E-state index in [4.69, 9.17) is 23.3 Å². The number of ether oxygens (including phenoxy) is 3. The molecule has 3 heterocycles. The fourth-order valence-electron chi connectivity index (χ4n) is 5.12. The highest BCUT2D eigenvalue weighted by atomic mass is 32.1. The molecule has 0 radical (unpaired) electrons. The lowest BCUT2D eigenvalue weighted by Gasteiger charge is -2.27. The summed E-state index contributed by atoms with van der Waals surface area (Å²) in [5, 5.41) is 4.48. The van der Waals surface area contributed by atoms with E-state index in [-0.39, 0.29) is 5.75 Å². The predicted octanol–water partition coefficient (Wildman–Crippen LogP) is 4.68. The summed E-state index contributed by atoms with van der Waals surface area (Å²) < 4.78 is 61.4. The van der Waals surface area contributed by atoms with Crippen molar-refractivity contribution in [1.29, 1.82) is 0 Å². The zero-order valence-electron chi connectivity index (χ0n) is 24.6. The molecule has 0 bridgehead atoms. The second kappa shape index (κ2) is 12.5. The maximum Gasteiger partial charge on any atom is 0.459 e. The number of nitrogens with one attached hydrogen (secondary N) is 2. The number of halogens is 1. The van der Waals surface area contributed by atoms with E-state index < -0.39 is 67.8 Å². The second-order valence-electron chi connectivity index (χ2n) is 10.8. The van der Waals surface area contributed by atoms with Crippen molar-refractivity contribution in [3.8, 4) is 5.75 Å². The van der Waals surface area contributed by atoms with Crippen molar-refractivity contribution in [1.82, 2.24) is 14.6 Å². The number of hydrogen-bond acceptors (Lipinski definition) is 10. The number of rotatable bonds is 11. The first-order chi connectivity index (χ1) is 20.8. The number of aromatic nitrogens is 2. The van der Waals surface area contributed by atoms with Gasteiger partial charge in [0.15, 0.2) is 11.9 Å². The summed E-state index contributed by atoms with van der Waals surface area (Å²) in [5.41, 5.74) is -3.81. The van der Waals surface area contributed by atoms with Crippen molar-refractivity contribution < 1.29 is 37.0 Å². The van der Waals surface area contributed by atoms with Crippen molar-refractivity contribution in [2.75, 3.05) is 13.7 Å². The molecule has 2 N–H and O–H groups in total. The van der Waals surface area contributed by atoms with Crippen LogP contribution in [0.3, 0.4) is 0 Å². The van der Waals surface area contributed by atoms with Crippen molar-refractivity contribution in [2.45, 2.75) is 63.9 Å². The van der Waals surface area contributed by atoms with Crippen LogP contribution < -0.4 is 20.9 Å². The van der Waals surface area contributed by atoms with Crippen LogP contribution in [0.5, 0.6) is 5.75 Å². The Labute approximate surface area is 255 Å². The van der Waals surface area contributed by atoms with E-state index in [1.165, 1.54) is 21.0 Å². The fraction of sp³-hybridized carbons (Fsp3) is 0.414. The Morgan fingerprint density at radius 2 is 1.89 bits per heavy atom. The number of H-pyrrole nitrogens is 1. The Morgan fingerprint density at radius 3 is 2.59 bits per heavy atom. The van der Waals surface area contributed by atoms with Crippen LogP contribution in [-0.2, 0) is 28.1 Å². The molecule has 0 saturated carbocycles. The molecule has 44 heavy (non-hydrogen) atoms. The lowest BCUT2D eigenvalue weighted by molar-refractivity contribution is -0.149. The first-order valence-corrected chi connectivity index (χ1v) is 16.2. The van der Waals surface area contributed by atoms with Gasteiger partial charge in [0.1, 0.15) is 24.0 Å². The third-order valence-electron chi connectivity index (χ3n) is 7.08.